The van der Waals surface area contributed by atoms with Crippen LogP contribution in [-0.4, -0.2) is 21.3 Å². The smallest absolute Gasteiger partial charge is 0.0924 e. The largest absolute Gasteiger partial charge is 0.550 e. The summed E-state index contributed by atoms with van der Waals surface area (Å²) < 4.78 is 15.2. The number of hydrogen-bond donors (Lipinski definition) is 0. The molecule has 0 fully saturated rings. The average molecular weight is 313 g/mol. The van der Waals surface area contributed by atoms with Gasteiger partial charge in [0.05, 0.1) is 38.6 Å². The summed E-state index contributed by atoms with van der Waals surface area (Å²) in [6, 6.07) is 6.27. The first-order valence-electron chi connectivity index (χ1n) is 3.49. The maximum absolute atomic E-state index is 5.09. The Hall–Kier alpha value is -0.277. The van der Waals surface area contributed by atoms with E-state index in [0.29, 0.717) is 17.2 Å². The topological polar surface area (TPSA) is 27.7 Å². The number of rotatable bonds is 3. The van der Waals surface area contributed by atoms with Crippen molar-refractivity contribution in [2.75, 3.05) is 21.3 Å². The van der Waals surface area contributed by atoms with Gasteiger partial charge in [-0.15, -0.1) is 29.1 Å². The third kappa shape index (κ3) is 3.47. The molecule has 0 spiro atoms. The number of benzene rings is 1. The predicted octanol–water partition coefficient (Wildman–Crippen LogP) is 2.09. The van der Waals surface area contributed by atoms with Crippen LogP contribution in [0.3, 0.4) is 0 Å². The molecule has 1 rings (SSSR count). The van der Waals surface area contributed by atoms with Crippen LogP contribution < -0.4 is 14.2 Å². The molecule has 1 aromatic rings. The van der Waals surface area contributed by atoms with Gasteiger partial charge in [0.15, 0.2) is 0 Å². The zero-order valence-corrected chi connectivity index (χ0v) is 13.2. The molecule has 0 aliphatic carbocycles. The van der Waals surface area contributed by atoms with E-state index < -0.39 is 0 Å². The third-order valence-electron chi connectivity index (χ3n) is 1.52. The van der Waals surface area contributed by atoms with Gasteiger partial charge in [-0.1, -0.05) is 0 Å². The van der Waals surface area contributed by atoms with Crippen molar-refractivity contribution in [3.63, 3.8) is 0 Å². The average Bonchev–Trinajstić information content (AvgIpc) is 2.16. The molecule has 0 aromatic heterocycles. The van der Waals surface area contributed by atoms with Crippen LogP contribution in [-0.2, 0) is 19.5 Å². The molecule has 0 heterocycles. The van der Waals surface area contributed by atoms with Crippen molar-refractivity contribution in [3.05, 3.63) is 18.2 Å². The summed E-state index contributed by atoms with van der Waals surface area (Å²) in [5.74, 6) is 1.84. The van der Waals surface area contributed by atoms with Crippen molar-refractivity contribution in [2.45, 2.75) is 0 Å². The van der Waals surface area contributed by atoms with E-state index >= 15 is 0 Å². The van der Waals surface area contributed by atoms with E-state index in [9.17, 15) is 0 Å². The van der Waals surface area contributed by atoms with E-state index in [0.717, 1.165) is 0 Å². The molecule has 5 heteroatoms. The van der Waals surface area contributed by atoms with Crippen LogP contribution in [0.25, 0.3) is 0 Å². The fraction of sp³-hybridized carbons (Fsp3) is 0.333. The minimum Gasteiger partial charge on any atom is -0.550 e. The van der Waals surface area contributed by atoms with E-state index in [4.69, 9.17) is 14.2 Å². The van der Waals surface area contributed by atoms with Gasteiger partial charge in [0.1, 0.15) is 0 Å². The van der Waals surface area contributed by atoms with Crippen LogP contribution in [0.5, 0.6) is 17.2 Å². The fourth-order valence-electron chi connectivity index (χ4n) is 0.950. The predicted molar refractivity (Wildman–Crippen MR) is 55.3 cm³/mol. The van der Waals surface area contributed by atoms with Crippen LogP contribution in [0.2, 0.25) is 0 Å². The maximum Gasteiger partial charge on any atom is 0.0924 e. The molecular weight excluding hydrogens is 301 g/mol. The second-order valence-corrected chi connectivity index (χ2v) is 2.13. The van der Waals surface area contributed by atoms with Crippen LogP contribution >= 0.6 is 17.0 Å². The first kappa shape index (κ1) is 16.2. The number of halogens is 1. The Morgan fingerprint density at radius 2 is 1.36 bits per heavy atom. The molecule has 1 aromatic carbocycles. The Morgan fingerprint density at radius 3 is 1.64 bits per heavy atom. The third-order valence-corrected chi connectivity index (χ3v) is 1.52. The monoisotopic (exact) mass is 311 g/mol. The molecule has 0 atom stereocenters. The van der Waals surface area contributed by atoms with Crippen LogP contribution in [0.4, 0.5) is 0 Å². The van der Waals surface area contributed by atoms with E-state index in [1.54, 1.807) is 33.5 Å². The van der Waals surface area contributed by atoms with Crippen molar-refractivity contribution < 1.29 is 33.7 Å². The van der Waals surface area contributed by atoms with Gasteiger partial charge in [-0.25, -0.2) is 0 Å². The standard InChI is InChI=1S/C9H11O3.BrH.Zn/c1-10-7-5-4-6-8(11-2)9(7)12-3;;/h5-6H,1-3H3;1H;/q-1;;. The van der Waals surface area contributed by atoms with Crippen molar-refractivity contribution >= 4 is 17.0 Å². The van der Waals surface area contributed by atoms with E-state index in [2.05, 4.69) is 6.07 Å². The Bertz CT molecular complexity index is 246. The summed E-state index contributed by atoms with van der Waals surface area (Å²) in [4.78, 5) is 0. The summed E-state index contributed by atoms with van der Waals surface area (Å²) >= 11 is 0. The number of methoxy groups -OCH3 is 3. The second kappa shape index (κ2) is 8.07. The van der Waals surface area contributed by atoms with Crippen molar-refractivity contribution in [1.29, 1.82) is 0 Å². The molecule has 0 aliphatic rings. The van der Waals surface area contributed by atoms with Crippen molar-refractivity contribution in [3.8, 4) is 17.2 Å². The normalized spacial score (nSPS) is 7.93. The molecule has 14 heavy (non-hydrogen) atoms. The first-order valence-corrected chi connectivity index (χ1v) is 3.49. The zero-order valence-electron chi connectivity index (χ0n) is 8.49. The second-order valence-electron chi connectivity index (χ2n) is 2.13. The van der Waals surface area contributed by atoms with Crippen LogP contribution in [0.1, 0.15) is 0 Å². The van der Waals surface area contributed by atoms with Gasteiger partial charge in [0.25, 0.3) is 0 Å². The minimum absolute atomic E-state index is 0. The first-order chi connectivity index (χ1) is 5.83. The summed E-state index contributed by atoms with van der Waals surface area (Å²) in [7, 11) is 4.72. The van der Waals surface area contributed by atoms with Gasteiger partial charge in [-0.05, 0) is 0 Å². The molecular formula is C9H12BrO3Zn-. The van der Waals surface area contributed by atoms with Crippen LogP contribution in [0.15, 0.2) is 12.1 Å². The number of ether oxygens (including phenoxy) is 3. The van der Waals surface area contributed by atoms with Gasteiger partial charge in [-0.2, -0.15) is 6.07 Å². The molecule has 0 saturated carbocycles. The molecule has 0 saturated heterocycles. The quantitative estimate of drug-likeness (QED) is 0.632. The molecule has 76 valence electrons. The van der Waals surface area contributed by atoms with Gasteiger partial charge in [-0.3, -0.25) is 0 Å². The van der Waals surface area contributed by atoms with Gasteiger partial charge in [0, 0.05) is 19.5 Å². The zero-order chi connectivity index (χ0) is 8.97. The Kier molecular flexibility index (Phi) is 9.31. The van der Waals surface area contributed by atoms with E-state index in [1.807, 2.05) is 0 Å². The summed E-state index contributed by atoms with van der Waals surface area (Å²) in [6.45, 7) is 0. The molecule has 0 unspecified atom stereocenters. The molecule has 0 bridgehead atoms. The number of hydrogen-bond acceptors (Lipinski definition) is 3. The van der Waals surface area contributed by atoms with Crippen molar-refractivity contribution in [2.24, 2.45) is 0 Å². The summed E-state index contributed by atoms with van der Waals surface area (Å²) in [5.41, 5.74) is 0. The van der Waals surface area contributed by atoms with E-state index in [1.165, 1.54) is 0 Å². The van der Waals surface area contributed by atoms with Gasteiger partial charge >= 0.3 is 0 Å². The Balaban J connectivity index is 0. The van der Waals surface area contributed by atoms with Crippen molar-refractivity contribution in [1.82, 2.24) is 0 Å². The van der Waals surface area contributed by atoms with Gasteiger partial charge < -0.3 is 14.2 Å². The maximum atomic E-state index is 5.09. The Morgan fingerprint density at radius 1 is 0.929 bits per heavy atom. The van der Waals surface area contributed by atoms with Crippen LogP contribution in [0, 0.1) is 6.07 Å². The van der Waals surface area contributed by atoms with Gasteiger partial charge in [0.2, 0.25) is 0 Å². The molecule has 0 amide bonds. The summed E-state index contributed by atoms with van der Waals surface area (Å²) in [5, 5.41) is 0. The Labute approximate surface area is 107 Å². The molecule has 3 nitrogen and oxygen atoms in total. The van der Waals surface area contributed by atoms with E-state index in [-0.39, 0.29) is 36.5 Å². The molecule has 0 radical (unpaired) electrons. The SMILES string of the molecule is Br.COc1c[c-]cc(OC)c1OC.[Zn]. The fourth-order valence-corrected chi connectivity index (χ4v) is 0.950. The minimum atomic E-state index is 0. The molecule has 0 N–H and O–H groups in total. The molecule has 0 aliphatic heterocycles. The summed E-state index contributed by atoms with van der Waals surface area (Å²) in [6.07, 6.45) is 0.